The van der Waals surface area contributed by atoms with Crippen LogP contribution in [0.3, 0.4) is 0 Å². The highest BCUT2D eigenvalue weighted by atomic mass is 16.3. The number of aliphatic hydroxyl groups is 1. The standard InChI is InChI=1S/C34H44N6O2/c1-26-17-27(2)19-29(18-26)24-39-16-15-38(33(39)30(21-35)22-36)14-11-32(41)40(25-34(3,4)42)31-10-8-9-28(20-31)23-37-12-6-5-7-13-37/h8-10,17-20,42H,5-7,11-16,23-25H2,1-4H3. The van der Waals surface area contributed by atoms with Crippen molar-refractivity contribution in [1.82, 2.24) is 14.7 Å². The third-order valence-corrected chi connectivity index (χ3v) is 7.86. The van der Waals surface area contributed by atoms with Crippen LogP contribution < -0.4 is 4.90 Å². The maximum absolute atomic E-state index is 13.8. The normalized spacial score (nSPS) is 15.8. The minimum Gasteiger partial charge on any atom is -0.389 e. The molecule has 0 atom stereocenters. The Balaban J connectivity index is 1.50. The van der Waals surface area contributed by atoms with Crippen molar-refractivity contribution in [3.05, 3.63) is 76.1 Å². The van der Waals surface area contributed by atoms with Gasteiger partial charge in [0.1, 0.15) is 18.0 Å². The lowest BCUT2D eigenvalue weighted by molar-refractivity contribution is -0.119. The van der Waals surface area contributed by atoms with Gasteiger partial charge in [-0.15, -0.1) is 0 Å². The lowest BCUT2D eigenvalue weighted by atomic mass is 10.1. The predicted molar refractivity (Wildman–Crippen MR) is 165 cm³/mol. The Morgan fingerprint density at radius 1 is 0.905 bits per heavy atom. The number of piperidine rings is 1. The Bertz CT molecular complexity index is 1340. The molecule has 2 aromatic rings. The number of nitrogens with zero attached hydrogens (tertiary/aromatic N) is 6. The van der Waals surface area contributed by atoms with Crippen molar-refractivity contribution >= 4 is 11.6 Å². The lowest BCUT2D eigenvalue weighted by Gasteiger charge is -2.31. The van der Waals surface area contributed by atoms with Crippen molar-refractivity contribution in [2.75, 3.05) is 44.2 Å². The average molecular weight is 569 g/mol. The van der Waals surface area contributed by atoms with Crippen LogP contribution in [0.5, 0.6) is 0 Å². The van der Waals surface area contributed by atoms with Crippen LogP contribution in [-0.4, -0.2) is 70.6 Å². The molecule has 8 heteroatoms. The summed E-state index contributed by atoms with van der Waals surface area (Å²) in [6.45, 7) is 13.0. The van der Waals surface area contributed by atoms with Gasteiger partial charge in [-0.2, -0.15) is 10.5 Å². The first kappa shape index (κ1) is 31.1. The number of allylic oxidation sites excluding steroid dienone is 1. The number of carbonyl (C=O) groups excluding carboxylic acids is 1. The lowest BCUT2D eigenvalue weighted by Crippen LogP contribution is -2.43. The molecular formula is C34H44N6O2. The third-order valence-electron chi connectivity index (χ3n) is 7.86. The summed E-state index contributed by atoms with van der Waals surface area (Å²) < 4.78 is 0. The Labute approximate surface area is 251 Å². The summed E-state index contributed by atoms with van der Waals surface area (Å²) >= 11 is 0. The number of anilines is 1. The highest BCUT2D eigenvalue weighted by Crippen LogP contribution is 2.27. The molecule has 2 aliphatic rings. The summed E-state index contributed by atoms with van der Waals surface area (Å²) in [5, 5.41) is 30.2. The number of likely N-dealkylation sites (tertiary alicyclic amines) is 1. The van der Waals surface area contributed by atoms with Crippen molar-refractivity contribution in [3.8, 4) is 12.1 Å². The Morgan fingerprint density at radius 2 is 1.57 bits per heavy atom. The molecule has 0 bridgehead atoms. The van der Waals surface area contributed by atoms with Gasteiger partial charge in [0.2, 0.25) is 5.91 Å². The molecule has 2 saturated heterocycles. The van der Waals surface area contributed by atoms with Gasteiger partial charge < -0.3 is 19.8 Å². The van der Waals surface area contributed by atoms with Crippen LogP contribution in [0.15, 0.2) is 53.9 Å². The monoisotopic (exact) mass is 568 g/mol. The largest absolute Gasteiger partial charge is 0.389 e. The molecule has 4 rings (SSSR count). The zero-order chi connectivity index (χ0) is 30.3. The van der Waals surface area contributed by atoms with Crippen LogP contribution in [0.4, 0.5) is 5.69 Å². The SMILES string of the molecule is Cc1cc(C)cc(CN2CCN(CCC(=O)N(CC(C)(C)O)c3cccc(CN4CCCCC4)c3)C2=C(C#N)C#N)c1. The number of nitriles is 2. The number of benzene rings is 2. The summed E-state index contributed by atoms with van der Waals surface area (Å²) in [7, 11) is 0. The zero-order valence-electron chi connectivity index (χ0n) is 25.6. The van der Waals surface area contributed by atoms with E-state index in [0.29, 0.717) is 32.0 Å². The summed E-state index contributed by atoms with van der Waals surface area (Å²) in [5.41, 5.74) is 4.38. The molecule has 0 aromatic heterocycles. The second-order valence-electron chi connectivity index (χ2n) is 12.4. The quantitative estimate of drug-likeness (QED) is 0.409. The number of hydrogen-bond donors (Lipinski definition) is 1. The van der Waals surface area contributed by atoms with Gasteiger partial charge in [0.25, 0.3) is 0 Å². The highest BCUT2D eigenvalue weighted by molar-refractivity contribution is 5.93. The van der Waals surface area contributed by atoms with Crippen LogP contribution in [0.2, 0.25) is 0 Å². The molecule has 42 heavy (non-hydrogen) atoms. The predicted octanol–water partition coefficient (Wildman–Crippen LogP) is 4.86. The smallest absolute Gasteiger partial charge is 0.228 e. The molecule has 2 aromatic carbocycles. The molecule has 1 amide bonds. The second kappa shape index (κ2) is 13.9. The molecule has 0 aliphatic carbocycles. The molecule has 0 spiro atoms. The number of aryl methyl sites for hydroxylation is 2. The molecule has 2 heterocycles. The van der Waals surface area contributed by atoms with E-state index in [2.05, 4.69) is 66.1 Å². The van der Waals surface area contributed by atoms with E-state index in [1.165, 1.54) is 30.4 Å². The second-order valence-corrected chi connectivity index (χ2v) is 12.4. The molecule has 8 nitrogen and oxygen atoms in total. The van der Waals surface area contributed by atoms with Crippen molar-refractivity contribution in [2.45, 2.75) is 72.1 Å². The highest BCUT2D eigenvalue weighted by Gasteiger charge is 2.30. The van der Waals surface area contributed by atoms with Gasteiger partial charge in [-0.1, -0.05) is 47.9 Å². The average Bonchev–Trinajstić information content (AvgIpc) is 3.32. The van der Waals surface area contributed by atoms with Crippen molar-refractivity contribution in [2.24, 2.45) is 0 Å². The van der Waals surface area contributed by atoms with E-state index in [0.717, 1.165) is 36.4 Å². The fourth-order valence-electron chi connectivity index (χ4n) is 6.12. The van der Waals surface area contributed by atoms with Gasteiger partial charge in [-0.3, -0.25) is 9.69 Å². The Hall–Kier alpha value is -3.85. The van der Waals surface area contributed by atoms with E-state index in [-0.39, 0.29) is 24.4 Å². The van der Waals surface area contributed by atoms with Crippen molar-refractivity contribution in [3.63, 3.8) is 0 Å². The summed E-state index contributed by atoms with van der Waals surface area (Å²) in [4.78, 5) is 22.0. The maximum Gasteiger partial charge on any atom is 0.228 e. The number of carbonyl (C=O) groups is 1. The molecule has 2 fully saturated rings. The van der Waals surface area contributed by atoms with Crippen LogP contribution >= 0.6 is 0 Å². The molecular weight excluding hydrogens is 524 g/mol. The maximum atomic E-state index is 13.8. The summed E-state index contributed by atoms with van der Waals surface area (Å²) in [5.74, 6) is 0.486. The van der Waals surface area contributed by atoms with E-state index in [4.69, 9.17) is 0 Å². The van der Waals surface area contributed by atoms with E-state index in [9.17, 15) is 20.4 Å². The van der Waals surface area contributed by atoms with Crippen molar-refractivity contribution in [1.29, 1.82) is 10.5 Å². The number of hydrogen-bond acceptors (Lipinski definition) is 7. The number of rotatable bonds is 10. The minimum absolute atomic E-state index is 0.0584. The molecule has 0 unspecified atom stereocenters. The van der Waals surface area contributed by atoms with E-state index < -0.39 is 5.60 Å². The van der Waals surface area contributed by atoms with Crippen molar-refractivity contribution < 1.29 is 9.90 Å². The van der Waals surface area contributed by atoms with E-state index in [1.54, 1.807) is 18.7 Å². The fourth-order valence-corrected chi connectivity index (χ4v) is 6.12. The van der Waals surface area contributed by atoms with Crippen LogP contribution in [0.25, 0.3) is 0 Å². The zero-order valence-corrected chi connectivity index (χ0v) is 25.6. The van der Waals surface area contributed by atoms with Gasteiger partial charge in [0.15, 0.2) is 5.57 Å². The molecule has 2 aliphatic heterocycles. The van der Waals surface area contributed by atoms with Gasteiger partial charge in [-0.05, 0) is 76.9 Å². The summed E-state index contributed by atoms with van der Waals surface area (Å²) in [6, 6.07) is 18.6. The minimum atomic E-state index is -1.07. The fraction of sp³-hybridized carbons (Fsp3) is 0.500. The molecule has 0 radical (unpaired) electrons. The Morgan fingerprint density at radius 3 is 2.21 bits per heavy atom. The number of amides is 1. The van der Waals surface area contributed by atoms with Gasteiger partial charge in [0.05, 0.1) is 12.1 Å². The molecule has 1 N–H and O–H groups in total. The molecule has 0 saturated carbocycles. The first-order chi connectivity index (χ1) is 20.1. The topological polar surface area (TPSA) is 97.8 Å². The molecule has 222 valence electrons. The van der Waals surface area contributed by atoms with Crippen LogP contribution in [0, 0.1) is 36.5 Å². The van der Waals surface area contributed by atoms with E-state index >= 15 is 0 Å². The first-order valence-corrected chi connectivity index (χ1v) is 15.0. The Kier molecular flexibility index (Phi) is 10.3. The van der Waals surface area contributed by atoms with Crippen LogP contribution in [0.1, 0.15) is 61.8 Å². The third kappa shape index (κ3) is 8.35. The first-order valence-electron chi connectivity index (χ1n) is 15.0. The van der Waals surface area contributed by atoms with Crippen LogP contribution in [-0.2, 0) is 17.9 Å². The van der Waals surface area contributed by atoms with Gasteiger partial charge in [0, 0.05) is 44.8 Å². The summed E-state index contributed by atoms with van der Waals surface area (Å²) in [6.07, 6.45) is 3.91. The van der Waals surface area contributed by atoms with Gasteiger partial charge >= 0.3 is 0 Å². The van der Waals surface area contributed by atoms with Gasteiger partial charge in [-0.25, -0.2) is 0 Å². The van der Waals surface area contributed by atoms with E-state index in [1.807, 2.05) is 17.0 Å².